The fraction of sp³-hybridized carbons (Fsp3) is 0.130. The Kier molecular flexibility index (Phi) is 5.21. The van der Waals surface area contributed by atoms with Gasteiger partial charge in [0.1, 0.15) is 14.9 Å². The number of aryl methyl sites for hydroxylation is 1. The largest absolute Gasteiger partial charge is 0.385 e. The molecule has 0 spiro atoms. The van der Waals surface area contributed by atoms with Gasteiger partial charge in [0.2, 0.25) is 0 Å². The van der Waals surface area contributed by atoms with Crippen molar-refractivity contribution in [2.45, 2.75) is 18.7 Å². The van der Waals surface area contributed by atoms with Gasteiger partial charge in [0.15, 0.2) is 0 Å². The summed E-state index contributed by atoms with van der Waals surface area (Å²) in [5.41, 5.74) is 4.97. The van der Waals surface area contributed by atoms with Crippen LogP contribution in [0.15, 0.2) is 59.5 Å². The summed E-state index contributed by atoms with van der Waals surface area (Å²) in [4.78, 5) is 9.31. The van der Waals surface area contributed by atoms with E-state index >= 15 is 0 Å². The number of benzene rings is 3. The van der Waals surface area contributed by atoms with Crippen LogP contribution >= 0.6 is 22.7 Å². The van der Waals surface area contributed by atoms with Crippen molar-refractivity contribution >= 4 is 58.9 Å². The minimum absolute atomic E-state index is 0.0686. The third-order valence-electron chi connectivity index (χ3n) is 5.12. The minimum atomic E-state index is -4.34. The lowest BCUT2D eigenvalue weighted by molar-refractivity contribution is 0.484. The van der Waals surface area contributed by atoms with Gasteiger partial charge in [0, 0.05) is 23.4 Å². The number of nitrogens with zero attached hydrogens (tertiary/aromatic N) is 2. The molecule has 162 valence electrons. The molecule has 0 aliphatic rings. The van der Waals surface area contributed by atoms with Crippen molar-refractivity contribution in [2.75, 3.05) is 11.9 Å². The molecule has 5 aromatic rings. The molecule has 9 heteroatoms. The molecule has 0 amide bonds. The molecule has 0 radical (unpaired) electrons. The predicted octanol–water partition coefficient (Wildman–Crippen LogP) is 6.23. The maximum atomic E-state index is 11.9. The van der Waals surface area contributed by atoms with Crippen LogP contribution < -0.4 is 5.32 Å². The van der Waals surface area contributed by atoms with E-state index < -0.39 is 10.1 Å². The van der Waals surface area contributed by atoms with E-state index in [9.17, 15) is 13.0 Å². The van der Waals surface area contributed by atoms with Gasteiger partial charge in [-0.15, -0.1) is 22.7 Å². The highest BCUT2D eigenvalue weighted by molar-refractivity contribution is 7.86. The van der Waals surface area contributed by atoms with Crippen LogP contribution in [0, 0.1) is 6.92 Å². The van der Waals surface area contributed by atoms with E-state index in [1.807, 2.05) is 30.3 Å². The SMILES string of the molecule is CCNc1ccc(-c2nc3ccc(-c4nc5ccc(C)c(S(=O)(=O)O)c5s4)cc3s2)cc1. The van der Waals surface area contributed by atoms with E-state index in [0.717, 1.165) is 38.6 Å². The molecule has 3 aromatic carbocycles. The summed E-state index contributed by atoms with van der Waals surface area (Å²) in [5, 5.41) is 4.93. The van der Waals surface area contributed by atoms with Crippen molar-refractivity contribution in [1.29, 1.82) is 0 Å². The zero-order chi connectivity index (χ0) is 22.5. The number of fused-ring (bicyclic) bond motifs is 2. The highest BCUT2D eigenvalue weighted by atomic mass is 32.2. The maximum Gasteiger partial charge on any atom is 0.296 e. The lowest BCUT2D eigenvalue weighted by Gasteiger charge is -2.03. The topological polar surface area (TPSA) is 92.2 Å². The van der Waals surface area contributed by atoms with Gasteiger partial charge in [-0.2, -0.15) is 8.42 Å². The normalized spacial score (nSPS) is 12.0. The first kappa shape index (κ1) is 21.0. The monoisotopic (exact) mass is 481 g/mol. The van der Waals surface area contributed by atoms with Crippen LogP contribution in [-0.4, -0.2) is 29.5 Å². The average molecular weight is 482 g/mol. The first-order chi connectivity index (χ1) is 15.3. The predicted molar refractivity (Wildman–Crippen MR) is 132 cm³/mol. The van der Waals surface area contributed by atoms with Crippen molar-refractivity contribution < 1.29 is 13.0 Å². The molecule has 5 rings (SSSR count). The summed E-state index contributed by atoms with van der Waals surface area (Å²) >= 11 is 2.87. The van der Waals surface area contributed by atoms with E-state index in [4.69, 9.17) is 4.98 Å². The third kappa shape index (κ3) is 3.77. The van der Waals surface area contributed by atoms with Crippen molar-refractivity contribution in [3.05, 3.63) is 60.2 Å². The smallest absolute Gasteiger partial charge is 0.296 e. The van der Waals surface area contributed by atoms with Crippen LogP contribution in [0.2, 0.25) is 0 Å². The number of hydrogen-bond acceptors (Lipinski definition) is 7. The fourth-order valence-electron chi connectivity index (χ4n) is 3.63. The van der Waals surface area contributed by atoms with Crippen molar-refractivity contribution in [3.8, 4) is 21.1 Å². The van der Waals surface area contributed by atoms with Gasteiger partial charge in [-0.05, 0) is 67.9 Å². The number of hydrogen-bond donors (Lipinski definition) is 2. The zero-order valence-electron chi connectivity index (χ0n) is 17.3. The molecule has 2 heterocycles. The van der Waals surface area contributed by atoms with Crippen molar-refractivity contribution in [3.63, 3.8) is 0 Å². The van der Waals surface area contributed by atoms with Gasteiger partial charge in [-0.25, -0.2) is 9.97 Å². The van der Waals surface area contributed by atoms with Gasteiger partial charge in [0.05, 0.1) is 20.4 Å². The molecule has 32 heavy (non-hydrogen) atoms. The molecule has 0 fully saturated rings. The molecule has 0 aliphatic heterocycles. The van der Waals surface area contributed by atoms with Gasteiger partial charge in [-0.1, -0.05) is 6.07 Å². The number of rotatable bonds is 5. The van der Waals surface area contributed by atoms with Crippen LogP contribution in [0.3, 0.4) is 0 Å². The first-order valence-corrected chi connectivity index (χ1v) is 13.0. The molecule has 0 unspecified atom stereocenters. The summed E-state index contributed by atoms with van der Waals surface area (Å²) in [6.45, 7) is 4.60. The Morgan fingerprint density at radius 3 is 2.28 bits per heavy atom. The maximum absolute atomic E-state index is 11.9. The second-order valence-electron chi connectivity index (χ2n) is 7.36. The second-order valence-corrected chi connectivity index (χ2v) is 10.8. The van der Waals surface area contributed by atoms with Crippen LogP contribution in [0.1, 0.15) is 12.5 Å². The molecule has 0 atom stereocenters. The molecule has 0 saturated heterocycles. The minimum Gasteiger partial charge on any atom is -0.385 e. The van der Waals surface area contributed by atoms with Crippen LogP contribution in [0.25, 0.3) is 41.6 Å². The molecule has 0 bridgehead atoms. The van der Waals surface area contributed by atoms with E-state index in [-0.39, 0.29) is 4.90 Å². The van der Waals surface area contributed by atoms with Crippen LogP contribution in [0.4, 0.5) is 5.69 Å². The molecule has 6 nitrogen and oxygen atoms in total. The highest BCUT2D eigenvalue weighted by Crippen LogP contribution is 2.38. The number of thiazole rings is 2. The Bertz CT molecular complexity index is 1570. The molecule has 2 aromatic heterocycles. The number of nitrogens with one attached hydrogen (secondary N) is 1. The van der Waals surface area contributed by atoms with Crippen molar-refractivity contribution in [2.24, 2.45) is 0 Å². The van der Waals surface area contributed by atoms with E-state index in [1.54, 1.807) is 30.4 Å². The van der Waals surface area contributed by atoms with Gasteiger partial charge in [-0.3, -0.25) is 4.55 Å². The van der Waals surface area contributed by atoms with Gasteiger partial charge in [0.25, 0.3) is 10.1 Å². The Morgan fingerprint density at radius 1 is 0.906 bits per heavy atom. The average Bonchev–Trinajstić information content (AvgIpc) is 3.37. The lowest BCUT2D eigenvalue weighted by atomic mass is 10.2. The molecular weight excluding hydrogens is 462 g/mol. The Labute approximate surface area is 193 Å². The van der Waals surface area contributed by atoms with E-state index in [0.29, 0.717) is 20.8 Å². The van der Waals surface area contributed by atoms with Gasteiger partial charge >= 0.3 is 0 Å². The number of anilines is 1. The quantitative estimate of drug-likeness (QED) is 0.289. The Balaban J connectivity index is 1.56. The second kappa shape index (κ2) is 7.93. The van der Waals surface area contributed by atoms with Crippen LogP contribution in [-0.2, 0) is 10.1 Å². The van der Waals surface area contributed by atoms with Crippen molar-refractivity contribution in [1.82, 2.24) is 9.97 Å². The van der Waals surface area contributed by atoms with Gasteiger partial charge < -0.3 is 5.32 Å². The molecule has 2 N–H and O–H groups in total. The Morgan fingerprint density at radius 2 is 1.56 bits per heavy atom. The zero-order valence-corrected chi connectivity index (χ0v) is 19.7. The van der Waals surface area contributed by atoms with E-state index in [2.05, 4.69) is 29.4 Å². The summed E-state index contributed by atoms with van der Waals surface area (Å²) < 4.78 is 35.0. The number of aromatic nitrogens is 2. The molecule has 0 saturated carbocycles. The highest BCUT2D eigenvalue weighted by Gasteiger charge is 2.21. The molecule has 0 aliphatic carbocycles. The summed E-state index contributed by atoms with van der Waals surface area (Å²) in [5.74, 6) is 0. The van der Waals surface area contributed by atoms with Crippen LogP contribution in [0.5, 0.6) is 0 Å². The van der Waals surface area contributed by atoms with E-state index in [1.165, 1.54) is 11.3 Å². The Hall–Kier alpha value is -2.85. The lowest BCUT2D eigenvalue weighted by Crippen LogP contribution is -2.00. The first-order valence-electron chi connectivity index (χ1n) is 9.96. The molecular formula is C23H19N3O3S3. The fourth-order valence-corrected chi connectivity index (χ4v) is 6.95. The summed E-state index contributed by atoms with van der Waals surface area (Å²) in [7, 11) is -4.34. The third-order valence-corrected chi connectivity index (χ3v) is 8.49. The standard InChI is InChI=1S/C23H19N3O3S3/c1-3-24-16-8-5-14(6-9-16)22-25-17-11-7-15(12-19(17)30-22)23-26-18-10-4-13(2)21(20(18)31-23)32(27,28)29/h4-12,24H,3H2,1-2H3,(H,27,28,29). The summed E-state index contributed by atoms with van der Waals surface area (Å²) in [6, 6.07) is 17.6. The summed E-state index contributed by atoms with van der Waals surface area (Å²) in [6.07, 6.45) is 0.